The molecule has 0 aliphatic rings. The molecule has 0 spiro atoms. The summed E-state index contributed by atoms with van der Waals surface area (Å²) < 4.78 is 37.4. The summed E-state index contributed by atoms with van der Waals surface area (Å²) in [5.41, 5.74) is 3.28. The van der Waals surface area contributed by atoms with Gasteiger partial charge in [-0.1, -0.05) is 0 Å². The molecule has 1 amide bonds. The van der Waals surface area contributed by atoms with E-state index >= 15 is 0 Å². The number of hydrogen-bond donors (Lipinski definition) is 1. The molecule has 0 atom stereocenters. The van der Waals surface area contributed by atoms with Gasteiger partial charge in [0.15, 0.2) is 6.29 Å². The van der Waals surface area contributed by atoms with Crippen molar-refractivity contribution in [3.8, 4) is 0 Å². The molecule has 0 unspecified atom stereocenters. The Kier molecular flexibility index (Phi) is 3.02. The molecular weight excluding hydrogens is 223 g/mol. The lowest BCUT2D eigenvalue weighted by Crippen LogP contribution is -2.16. The van der Waals surface area contributed by atoms with Crippen LogP contribution in [0.1, 0.15) is 31.8 Å². The van der Waals surface area contributed by atoms with Crippen LogP contribution < -0.4 is 5.73 Å². The highest BCUT2D eigenvalue weighted by atomic mass is 19.4. The highest BCUT2D eigenvalue weighted by Crippen LogP contribution is 2.33. The van der Waals surface area contributed by atoms with E-state index in [0.29, 0.717) is 6.07 Å². The fourth-order valence-corrected chi connectivity index (χ4v) is 1.34. The zero-order valence-electron chi connectivity index (χ0n) is 8.26. The normalized spacial score (nSPS) is 11.2. The van der Waals surface area contributed by atoms with E-state index in [0.717, 1.165) is 6.07 Å². The third-order valence-electron chi connectivity index (χ3n) is 2.09. The van der Waals surface area contributed by atoms with Crippen molar-refractivity contribution < 1.29 is 22.8 Å². The number of carbonyl (C=O) groups is 2. The Balaban J connectivity index is 3.49. The van der Waals surface area contributed by atoms with Crippen LogP contribution in [0.2, 0.25) is 0 Å². The molecule has 0 aliphatic carbocycles. The molecule has 0 radical (unpaired) electrons. The van der Waals surface area contributed by atoms with E-state index in [1.807, 2.05) is 0 Å². The molecule has 0 saturated carbocycles. The number of primary amides is 1. The van der Waals surface area contributed by atoms with Crippen LogP contribution in [0.4, 0.5) is 13.2 Å². The van der Waals surface area contributed by atoms with Crippen molar-refractivity contribution in [1.29, 1.82) is 0 Å². The smallest absolute Gasteiger partial charge is 0.366 e. The molecule has 0 saturated heterocycles. The number of nitrogens with two attached hydrogens (primary N) is 1. The Morgan fingerprint density at radius 1 is 1.38 bits per heavy atom. The molecule has 0 fully saturated rings. The number of amides is 1. The number of alkyl halides is 3. The minimum atomic E-state index is -4.56. The standard InChI is InChI=1S/C10H8F3NO2/c1-5-2-7(9(14)16)6(4-15)3-8(5)10(11,12)13/h2-4H,1H3,(H2,14,16). The Bertz CT molecular complexity index is 452. The van der Waals surface area contributed by atoms with Gasteiger partial charge in [0.25, 0.3) is 0 Å². The van der Waals surface area contributed by atoms with Crippen LogP contribution in [-0.4, -0.2) is 12.2 Å². The highest BCUT2D eigenvalue weighted by Gasteiger charge is 2.33. The van der Waals surface area contributed by atoms with Gasteiger partial charge in [0.05, 0.1) is 5.56 Å². The number of aldehydes is 1. The zero-order valence-corrected chi connectivity index (χ0v) is 8.26. The van der Waals surface area contributed by atoms with Gasteiger partial charge in [-0.3, -0.25) is 9.59 Å². The van der Waals surface area contributed by atoms with Crippen LogP contribution in [0.3, 0.4) is 0 Å². The number of rotatable bonds is 2. The van der Waals surface area contributed by atoms with E-state index in [-0.39, 0.29) is 23.0 Å². The Labute approximate surface area is 89.1 Å². The topological polar surface area (TPSA) is 60.2 Å². The third kappa shape index (κ3) is 2.21. The fourth-order valence-electron chi connectivity index (χ4n) is 1.34. The molecule has 2 N–H and O–H groups in total. The van der Waals surface area contributed by atoms with E-state index in [2.05, 4.69) is 0 Å². The number of halogens is 3. The van der Waals surface area contributed by atoms with Crippen molar-refractivity contribution >= 4 is 12.2 Å². The first-order valence-corrected chi connectivity index (χ1v) is 4.24. The molecule has 0 heterocycles. The maximum absolute atomic E-state index is 12.5. The number of benzene rings is 1. The minimum Gasteiger partial charge on any atom is -0.366 e. The van der Waals surface area contributed by atoms with Crippen molar-refractivity contribution in [3.63, 3.8) is 0 Å². The average molecular weight is 231 g/mol. The Hall–Kier alpha value is -1.85. The van der Waals surface area contributed by atoms with Gasteiger partial charge in [0.1, 0.15) is 0 Å². The van der Waals surface area contributed by atoms with Crippen molar-refractivity contribution in [2.24, 2.45) is 5.73 Å². The van der Waals surface area contributed by atoms with Gasteiger partial charge in [-0.15, -0.1) is 0 Å². The predicted molar refractivity (Wildman–Crippen MR) is 50.1 cm³/mol. The number of aryl methyl sites for hydroxylation is 1. The molecule has 0 aromatic heterocycles. The highest BCUT2D eigenvalue weighted by molar-refractivity contribution is 6.00. The summed E-state index contributed by atoms with van der Waals surface area (Å²) in [5.74, 6) is -0.932. The third-order valence-corrected chi connectivity index (χ3v) is 2.09. The summed E-state index contributed by atoms with van der Waals surface area (Å²) in [6, 6.07) is 1.59. The SMILES string of the molecule is Cc1cc(C(N)=O)c(C=O)cc1C(F)(F)F. The average Bonchev–Trinajstić information content (AvgIpc) is 2.15. The fraction of sp³-hybridized carbons (Fsp3) is 0.200. The maximum atomic E-state index is 12.5. The lowest BCUT2D eigenvalue weighted by atomic mass is 9.99. The first-order valence-electron chi connectivity index (χ1n) is 4.24. The summed E-state index contributed by atoms with van der Waals surface area (Å²) in [4.78, 5) is 21.4. The summed E-state index contributed by atoms with van der Waals surface area (Å²) in [6.45, 7) is 1.20. The Morgan fingerprint density at radius 3 is 2.31 bits per heavy atom. The second-order valence-corrected chi connectivity index (χ2v) is 3.23. The van der Waals surface area contributed by atoms with Crippen molar-refractivity contribution in [1.82, 2.24) is 0 Å². The lowest BCUT2D eigenvalue weighted by molar-refractivity contribution is -0.138. The van der Waals surface area contributed by atoms with Gasteiger partial charge in [-0.25, -0.2) is 0 Å². The second-order valence-electron chi connectivity index (χ2n) is 3.23. The summed E-state index contributed by atoms with van der Waals surface area (Å²) in [5, 5.41) is 0. The monoisotopic (exact) mass is 231 g/mol. The van der Waals surface area contributed by atoms with Gasteiger partial charge in [0, 0.05) is 11.1 Å². The predicted octanol–water partition coefficient (Wildman–Crippen LogP) is 1.93. The second kappa shape index (κ2) is 3.96. The van der Waals surface area contributed by atoms with Gasteiger partial charge in [-0.2, -0.15) is 13.2 Å². The van der Waals surface area contributed by atoms with E-state index < -0.39 is 17.6 Å². The number of carbonyl (C=O) groups excluding carboxylic acids is 2. The van der Waals surface area contributed by atoms with Crippen LogP contribution in [0.15, 0.2) is 12.1 Å². The van der Waals surface area contributed by atoms with Crippen LogP contribution in [-0.2, 0) is 6.18 Å². The van der Waals surface area contributed by atoms with E-state index in [1.165, 1.54) is 6.92 Å². The maximum Gasteiger partial charge on any atom is 0.416 e. The van der Waals surface area contributed by atoms with Crippen molar-refractivity contribution in [3.05, 3.63) is 34.4 Å². The van der Waals surface area contributed by atoms with E-state index in [1.54, 1.807) is 0 Å². The lowest BCUT2D eigenvalue weighted by Gasteiger charge is -2.12. The molecule has 6 heteroatoms. The molecular formula is C10H8F3NO2. The first-order chi connectivity index (χ1) is 7.27. The van der Waals surface area contributed by atoms with E-state index in [9.17, 15) is 22.8 Å². The molecule has 0 bridgehead atoms. The summed E-state index contributed by atoms with van der Waals surface area (Å²) >= 11 is 0. The molecule has 0 aliphatic heterocycles. The van der Waals surface area contributed by atoms with Gasteiger partial charge in [-0.05, 0) is 24.6 Å². The summed E-state index contributed by atoms with van der Waals surface area (Å²) in [7, 11) is 0. The molecule has 3 nitrogen and oxygen atoms in total. The van der Waals surface area contributed by atoms with Crippen LogP contribution >= 0.6 is 0 Å². The largest absolute Gasteiger partial charge is 0.416 e. The minimum absolute atomic E-state index is 0.146. The van der Waals surface area contributed by atoms with Crippen molar-refractivity contribution in [2.45, 2.75) is 13.1 Å². The molecule has 86 valence electrons. The molecule has 1 aromatic rings. The van der Waals surface area contributed by atoms with Gasteiger partial charge < -0.3 is 5.73 Å². The molecule has 1 aromatic carbocycles. The number of hydrogen-bond acceptors (Lipinski definition) is 2. The Morgan fingerprint density at radius 2 is 1.94 bits per heavy atom. The first kappa shape index (κ1) is 12.2. The van der Waals surface area contributed by atoms with Gasteiger partial charge >= 0.3 is 6.18 Å². The van der Waals surface area contributed by atoms with Crippen LogP contribution in [0.25, 0.3) is 0 Å². The van der Waals surface area contributed by atoms with Crippen molar-refractivity contribution in [2.75, 3.05) is 0 Å². The quantitative estimate of drug-likeness (QED) is 0.790. The molecule has 1 rings (SSSR count). The van der Waals surface area contributed by atoms with Gasteiger partial charge in [0.2, 0.25) is 5.91 Å². The van der Waals surface area contributed by atoms with E-state index in [4.69, 9.17) is 5.73 Å². The molecule has 16 heavy (non-hydrogen) atoms. The van der Waals surface area contributed by atoms with Crippen LogP contribution in [0.5, 0.6) is 0 Å². The summed E-state index contributed by atoms with van der Waals surface area (Å²) in [6.07, 6.45) is -4.38. The van der Waals surface area contributed by atoms with Crippen LogP contribution in [0, 0.1) is 6.92 Å². The zero-order chi connectivity index (χ0) is 12.5.